The number of aromatic nitrogens is 1. The van der Waals surface area contributed by atoms with E-state index in [4.69, 9.17) is 0 Å². The van der Waals surface area contributed by atoms with Crippen LogP contribution in [0.1, 0.15) is 25.3 Å². The summed E-state index contributed by atoms with van der Waals surface area (Å²) in [6.45, 7) is 3.26. The van der Waals surface area contributed by atoms with E-state index in [9.17, 15) is 13.2 Å². The van der Waals surface area contributed by atoms with Crippen LogP contribution in [0.3, 0.4) is 0 Å². The molecule has 1 N–H and O–H groups in total. The number of piperidine rings is 1. The van der Waals surface area contributed by atoms with Crippen molar-refractivity contribution in [2.24, 2.45) is 10.9 Å². The van der Waals surface area contributed by atoms with Gasteiger partial charge < -0.3 is 15.0 Å². The van der Waals surface area contributed by atoms with Gasteiger partial charge >= 0.3 is 6.18 Å². The van der Waals surface area contributed by atoms with E-state index in [2.05, 4.69) is 31.9 Å². The number of nitrogens with one attached hydrogen (secondary N) is 1. The second-order valence-corrected chi connectivity index (χ2v) is 5.98. The van der Waals surface area contributed by atoms with Crippen LogP contribution in [0.5, 0.6) is 5.88 Å². The summed E-state index contributed by atoms with van der Waals surface area (Å²) in [4.78, 5) is 10.3. The Morgan fingerprint density at radius 2 is 2.08 bits per heavy atom. The van der Waals surface area contributed by atoms with Crippen molar-refractivity contribution in [1.82, 2.24) is 15.2 Å². The maximum Gasteiger partial charge on any atom is 0.422 e. The Labute approximate surface area is 163 Å². The number of hydrogen-bond acceptors (Lipinski definition) is 3. The van der Waals surface area contributed by atoms with Crippen molar-refractivity contribution < 1.29 is 17.9 Å². The molecule has 0 spiro atoms. The zero-order chi connectivity index (χ0) is 17.6. The topological polar surface area (TPSA) is 49.8 Å². The number of likely N-dealkylation sites (tertiary alicyclic amines) is 1. The largest absolute Gasteiger partial charge is 0.468 e. The number of rotatable bonds is 4. The molecule has 1 aliphatic rings. The highest BCUT2D eigenvalue weighted by Gasteiger charge is 2.28. The van der Waals surface area contributed by atoms with E-state index < -0.39 is 12.8 Å². The summed E-state index contributed by atoms with van der Waals surface area (Å²) < 4.78 is 41.2. The van der Waals surface area contributed by atoms with Crippen LogP contribution in [-0.2, 0) is 6.54 Å². The van der Waals surface area contributed by atoms with E-state index in [0.29, 0.717) is 6.54 Å². The average Bonchev–Trinajstić information content (AvgIpc) is 2.55. The van der Waals surface area contributed by atoms with Gasteiger partial charge in [0.1, 0.15) is 0 Å². The summed E-state index contributed by atoms with van der Waals surface area (Å²) in [5.74, 6) is 1.50. The fourth-order valence-electron chi connectivity index (χ4n) is 2.53. The third-order valence-electron chi connectivity index (χ3n) is 3.93. The van der Waals surface area contributed by atoms with Gasteiger partial charge in [0.2, 0.25) is 5.88 Å². The van der Waals surface area contributed by atoms with Crippen molar-refractivity contribution >= 4 is 29.9 Å². The second-order valence-electron chi connectivity index (χ2n) is 5.98. The zero-order valence-corrected chi connectivity index (χ0v) is 16.7. The molecule has 0 bridgehead atoms. The molecule has 9 heteroatoms. The molecule has 0 amide bonds. The Balaban J connectivity index is 0.00000312. The molecule has 0 aromatic carbocycles. The number of alkyl halides is 3. The first-order valence-electron chi connectivity index (χ1n) is 7.97. The summed E-state index contributed by atoms with van der Waals surface area (Å²) in [5, 5.41) is 3.24. The summed E-state index contributed by atoms with van der Waals surface area (Å²) in [5.41, 5.74) is 0.786. The van der Waals surface area contributed by atoms with E-state index >= 15 is 0 Å². The first-order valence-corrected chi connectivity index (χ1v) is 7.97. The minimum Gasteiger partial charge on any atom is -0.468 e. The molecule has 142 valence electrons. The Morgan fingerprint density at radius 3 is 2.68 bits per heavy atom. The molecular formula is C16H24F3IN4O. The molecule has 1 saturated heterocycles. The molecule has 0 radical (unpaired) electrons. The first-order chi connectivity index (χ1) is 11.4. The van der Waals surface area contributed by atoms with Crippen molar-refractivity contribution in [1.29, 1.82) is 0 Å². The van der Waals surface area contributed by atoms with Crippen molar-refractivity contribution in [3.8, 4) is 5.88 Å². The molecule has 2 rings (SSSR count). The van der Waals surface area contributed by atoms with Crippen LogP contribution in [0.2, 0.25) is 0 Å². The third kappa shape index (κ3) is 7.66. The number of ether oxygens (including phenoxy) is 1. The Hall–Kier alpha value is -1.26. The number of nitrogens with zero attached hydrogens (tertiary/aromatic N) is 3. The molecule has 0 unspecified atom stereocenters. The van der Waals surface area contributed by atoms with Gasteiger partial charge in [0, 0.05) is 38.9 Å². The zero-order valence-electron chi connectivity index (χ0n) is 14.3. The van der Waals surface area contributed by atoms with Crippen LogP contribution >= 0.6 is 24.0 Å². The minimum atomic E-state index is -4.37. The summed E-state index contributed by atoms with van der Waals surface area (Å²) in [6.07, 6.45) is -0.672. The van der Waals surface area contributed by atoms with Gasteiger partial charge in [0.15, 0.2) is 12.6 Å². The molecule has 2 heterocycles. The highest BCUT2D eigenvalue weighted by atomic mass is 127. The van der Waals surface area contributed by atoms with Crippen molar-refractivity contribution in [2.45, 2.75) is 32.5 Å². The molecule has 0 saturated carbocycles. The lowest BCUT2D eigenvalue weighted by molar-refractivity contribution is -0.154. The monoisotopic (exact) mass is 472 g/mol. The smallest absolute Gasteiger partial charge is 0.422 e. The quantitative estimate of drug-likeness (QED) is 0.415. The predicted octanol–water partition coefficient (Wildman–Crippen LogP) is 3.45. The van der Waals surface area contributed by atoms with Gasteiger partial charge in [-0.2, -0.15) is 13.2 Å². The lowest BCUT2D eigenvalue weighted by Crippen LogP contribution is -2.45. The van der Waals surface area contributed by atoms with Crippen LogP contribution in [-0.4, -0.2) is 48.8 Å². The summed E-state index contributed by atoms with van der Waals surface area (Å²) in [7, 11) is 1.73. The molecule has 1 fully saturated rings. The highest BCUT2D eigenvalue weighted by Crippen LogP contribution is 2.18. The fourth-order valence-corrected chi connectivity index (χ4v) is 2.53. The van der Waals surface area contributed by atoms with Gasteiger partial charge in [-0.25, -0.2) is 4.98 Å². The molecule has 1 aliphatic heterocycles. The van der Waals surface area contributed by atoms with Crippen molar-refractivity contribution in [3.05, 3.63) is 23.9 Å². The van der Waals surface area contributed by atoms with E-state index in [-0.39, 0.29) is 29.9 Å². The van der Waals surface area contributed by atoms with E-state index in [0.717, 1.165) is 43.4 Å². The maximum atomic E-state index is 12.2. The number of pyridine rings is 1. The SMILES string of the molecule is CN=C(NCc1ccnc(OCC(F)(F)F)c1)N1CCC(C)CC1.I. The Bertz CT molecular complexity index is 561. The number of hydrogen-bond donors (Lipinski definition) is 1. The fraction of sp³-hybridized carbons (Fsp3) is 0.625. The Morgan fingerprint density at radius 1 is 1.40 bits per heavy atom. The van der Waals surface area contributed by atoms with Gasteiger partial charge in [-0.3, -0.25) is 4.99 Å². The molecular weight excluding hydrogens is 448 g/mol. The molecule has 5 nitrogen and oxygen atoms in total. The minimum absolute atomic E-state index is 0. The predicted molar refractivity (Wildman–Crippen MR) is 101 cm³/mol. The van der Waals surface area contributed by atoms with Gasteiger partial charge in [0.25, 0.3) is 0 Å². The Kier molecular flexibility index (Phi) is 8.74. The number of halogens is 4. The van der Waals surface area contributed by atoms with Crippen LogP contribution in [0.15, 0.2) is 23.3 Å². The number of aliphatic imine (C=N–C) groups is 1. The lowest BCUT2D eigenvalue weighted by Gasteiger charge is -2.32. The van der Waals surface area contributed by atoms with Crippen LogP contribution < -0.4 is 10.1 Å². The lowest BCUT2D eigenvalue weighted by atomic mass is 10.00. The van der Waals surface area contributed by atoms with Gasteiger partial charge in [-0.05, 0) is 30.4 Å². The number of guanidine groups is 1. The van der Waals surface area contributed by atoms with E-state index in [1.807, 2.05) is 0 Å². The van der Waals surface area contributed by atoms with Gasteiger partial charge in [0.05, 0.1) is 0 Å². The first kappa shape index (κ1) is 21.8. The summed E-state index contributed by atoms with van der Waals surface area (Å²) in [6, 6.07) is 3.24. The standard InChI is InChI=1S/C16H23F3N4O.HI/c1-12-4-7-23(8-5-12)15(20-2)22-10-13-3-6-21-14(9-13)24-11-16(17,18)19;/h3,6,9,12H,4-5,7-8,10-11H2,1-2H3,(H,20,22);1H. The van der Waals surface area contributed by atoms with Crippen molar-refractivity contribution in [2.75, 3.05) is 26.7 Å². The van der Waals surface area contributed by atoms with E-state index in [1.54, 1.807) is 13.1 Å². The third-order valence-corrected chi connectivity index (χ3v) is 3.93. The van der Waals surface area contributed by atoms with E-state index in [1.165, 1.54) is 12.3 Å². The average molecular weight is 472 g/mol. The molecule has 25 heavy (non-hydrogen) atoms. The van der Waals surface area contributed by atoms with Gasteiger partial charge in [-0.1, -0.05) is 6.92 Å². The summed E-state index contributed by atoms with van der Waals surface area (Å²) >= 11 is 0. The molecule has 0 atom stereocenters. The second kappa shape index (κ2) is 10.0. The van der Waals surface area contributed by atoms with Crippen LogP contribution in [0.4, 0.5) is 13.2 Å². The molecule has 1 aromatic heterocycles. The molecule has 0 aliphatic carbocycles. The maximum absolute atomic E-state index is 12.2. The normalized spacial score (nSPS) is 16.4. The van der Waals surface area contributed by atoms with Crippen molar-refractivity contribution in [3.63, 3.8) is 0 Å². The molecule has 1 aromatic rings. The van der Waals surface area contributed by atoms with Crippen LogP contribution in [0.25, 0.3) is 0 Å². The van der Waals surface area contributed by atoms with Crippen LogP contribution in [0, 0.1) is 5.92 Å². The highest BCUT2D eigenvalue weighted by molar-refractivity contribution is 14.0. The van der Waals surface area contributed by atoms with Gasteiger partial charge in [-0.15, -0.1) is 24.0 Å².